The fraction of sp³-hybridized carbons (Fsp3) is 0.409. The minimum Gasteiger partial charge on any atom is -0.350 e. The predicted molar refractivity (Wildman–Crippen MR) is 120 cm³/mol. The third-order valence-electron chi connectivity index (χ3n) is 5.51. The van der Waals surface area contributed by atoms with Gasteiger partial charge in [0.15, 0.2) is 5.79 Å². The number of aliphatic imine (C=N–C) groups is 2. The predicted octanol–water partition coefficient (Wildman–Crippen LogP) is 0.827. The van der Waals surface area contributed by atoms with E-state index in [4.69, 9.17) is 15.7 Å². The Morgan fingerprint density at radius 3 is 2.53 bits per heavy atom. The topological polar surface area (TPSA) is 94.2 Å². The molecular formula is C22H30N8. The summed E-state index contributed by atoms with van der Waals surface area (Å²) < 4.78 is 0. The summed E-state index contributed by atoms with van der Waals surface area (Å²) in [6.07, 6.45) is 4.26. The molecule has 0 amide bonds. The first kappa shape index (κ1) is 20.5. The van der Waals surface area contributed by atoms with Crippen molar-refractivity contribution in [2.24, 2.45) is 15.7 Å². The summed E-state index contributed by atoms with van der Waals surface area (Å²) in [6, 6.07) is 14.0. The van der Waals surface area contributed by atoms with Gasteiger partial charge < -0.3 is 20.4 Å². The van der Waals surface area contributed by atoms with Gasteiger partial charge in [0.1, 0.15) is 5.84 Å². The van der Waals surface area contributed by atoms with Gasteiger partial charge in [0.2, 0.25) is 5.96 Å². The summed E-state index contributed by atoms with van der Waals surface area (Å²) in [6.45, 7) is 5.79. The maximum absolute atomic E-state index is 6.72. The zero-order valence-electron chi connectivity index (χ0n) is 17.5. The Morgan fingerprint density at radius 1 is 1.07 bits per heavy atom. The van der Waals surface area contributed by atoms with Crippen molar-refractivity contribution in [3.8, 4) is 0 Å². The van der Waals surface area contributed by atoms with Crippen LogP contribution in [0.15, 0.2) is 64.8 Å². The Morgan fingerprint density at radius 2 is 1.80 bits per heavy atom. The number of nitrogens with one attached hydrogen (secondary N) is 2. The van der Waals surface area contributed by atoms with Gasteiger partial charge in [-0.2, -0.15) is 4.99 Å². The molecule has 0 bridgehead atoms. The normalized spacial score (nSPS) is 22.7. The van der Waals surface area contributed by atoms with Gasteiger partial charge in [-0.05, 0) is 24.7 Å². The van der Waals surface area contributed by atoms with E-state index in [0.717, 1.165) is 49.7 Å². The fourth-order valence-corrected chi connectivity index (χ4v) is 3.59. The van der Waals surface area contributed by atoms with Gasteiger partial charge in [-0.25, -0.2) is 4.99 Å². The average Bonchev–Trinajstić information content (AvgIpc) is 2.78. The molecule has 1 aromatic carbocycles. The quantitative estimate of drug-likeness (QED) is 0.658. The van der Waals surface area contributed by atoms with Gasteiger partial charge in [0, 0.05) is 63.6 Å². The van der Waals surface area contributed by atoms with Gasteiger partial charge in [0.25, 0.3) is 0 Å². The lowest BCUT2D eigenvalue weighted by molar-refractivity contribution is 0.142. The highest BCUT2D eigenvalue weighted by Crippen LogP contribution is 2.15. The molecule has 3 heterocycles. The largest absolute Gasteiger partial charge is 0.350 e. The molecule has 4 N–H and O–H groups in total. The number of amidine groups is 1. The highest BCUT2D eigenvalue weighted by molar-refractivity contribution is 6.07. The highest BCUT2D eigenvalue weighted by Gasteiger charge is 2.31. The van der Waals surface area contributed by atoms with Gasteiger partial charge in [-0.15, -0.1) is 0 Å². The monoisotopic (exact) mass is 406 g/mol. The minimum absolute atomic E-state index is 0.547. The SMILES string of the molecule is CN1CCN(CCC2(N)N=C(NCc3ccncc3)N=C(c3ccccc3)N2)CC1. The highest BCUT2D eigenvalue weighted by atomic mass is 15.4. The average molecular weight is 407 g/mol. The Balaban J connectivity index is 1.48. The zero-order chi connectivity index (χ0) is 20.8. The molecule has 0 saturated carbocycles. The van der Waals surface area contributed by atoms with Crippen LogP contribution in [0.5, 0.6) is 0 Å². The minimum atomic E-state index is -0.906. The summed E-state index contributed by atoms with van der Waals surface area (Å²) in [5.74, 6) is 0.380. The van der Waals surface area contributed by atoms with Crippen LogP contribution in [-0.4, -0.2) is 72.1 Å². The molecule has 30 heavy (non-hydrogen) atoms. The maximum atomic E-state index is 6.72. The summed E-state index contributed by atoms with van der Waals surface area (Å²) in [7, 11) is 2.16. The number of aromatic nitrogens is 1. The van der Waals surface area contributed by atoms with E-state index in [1.807, 2.05) is 42.5 Å². The van der Waals surface area contributed by atoms with Crippen molar-refractivity contribution < 1.29 is 0 Å². The van der Waals surface area contributed by atoms with Crippen LogP contribution >= 0.6 is 0 Å². The molecule has 2 aromatic rings. The number of piperazine rings is 1. The van der Waals surface area contributed by atoms with Crippen molar-refractivity contribution in [2.75, 3.05) is 39.8 Å². The zero-order valence-corrected chi connectivity index (χ0v) is 17.5. The summed E-state index contributed by atoms with van der Waals surface area (Å²) >= 11 is 0. The molecule has 0 spiro atoms. The smallest absolute Gasteiger partial charge is 0.223 e. The standard InChI is InChI=1S/C22H30N8/c1-29-13-15-30(16-14-29)12-9-22(23)27-20(19-5-3-2-4-6-19)26-21(28-22)25-17-18-7-10-24-11-8-18/h2-8,10-11H,9,12-17,23H2,1H3,(H2,25,26,27,28). The lowest BCUT2D eigenvalue weighted by Gasteiger charge is -2.36. The third-order valence-corrected chi connectivity index (χ3v) is 5.51. The van der Waals surface area contributed by atoms with Crippen molar-refractivity contribution in [1.29, 1.82) is 0 Å². The molecule has 0 aliphatic carbocycles. The first-order valence-electron chi connectivity index (χ1n) is 10.4. The van der Waals surface area contributed by atoms with Gasteiger partial charge in [0.05, 0.1) is 0 Å². The van der Waals surface area contributed by atoms with E-state index in [1.165, 1.54) is 0 Å². The number of nitrogens with zero attached hydrogens (tertiary/aromatic N) is 5. The van der Waals surface area contributed by atoms with Crippen LogP contribution in [0.25, 0.3) is 0 Å². The van der Waals surface area contributed by atoms with Crippen LogP contribution in [0.2, 0.25) is 0 Å². The van der Waals surface area contributed by atoms with Crippen molar-refractivity contribution in [3.63, 3.8) is 0 Å². The molecule has 8 heteroatoms. The molecule has 2 aliphatic heterocycles. The first-order valence-corrected chi connectivity index (χ1v) is 10.4. The van der Waals surface area contributed by atoms with E-state index in [1.54, 1.807) is 12.4 Å². The number of guanidine groups is 1. The molecule has 1 saturated heterocycles. The molecule has 1 fully saturated rings. The van der Waals surface area contributed by atoms with Gasteiger partial charge in [-0.1, -0.05) is 30.3 Å². The van der Waals surface area contributed by atoms with Crippen LogP contribution in [0, 0.1) is 0 Å². The number of hydrogen-bond donors (Lipinski definition) is 3. The number of benzene rings is 1. The molecule has 4 rings (SSSR count). The molecular weight excluding hydrogens is 376 g/mol. The Kier molecular flexibility index (Phi) is 6.37. The molecule has 1 aromatic heterocycles. The molecule has 2 aliphatic rings. The molecule has 158 valence electrons. The van der Waals surface area contributed by atoms with E-state index in [-0.39, 0.29) is 0 Å². The Hall–Kier alpha value is -2.81. The van der Waals surface area contributed by atoms with E-state index in [0.29, 0.717) is 18.9 Å². The van der Waals surface area contributed by atoms with Crippen LogP contribution in [-0.2, 0) is 6.54 Å². The lowest BCUT2D eigenvalue weighted by Crippen LogP contribution is -2.60. The Bertz CT molecular complexity index is 875. The van der Waals surface area contributed by atoms with Crippen LogP contribution in [0.1, 0.15) is 17.5 Å². The number of rotatable bonds is 6. The van der Waals surface area contributed by atoms with Crippen molar-refractivity contribution in [2.45, 2.75) is 18.8 Å². The van der Waals surface area contributed by atoms with Crippen molar-refractivity contribution in [3.05, 3.63) is 66.0 Å². The van der Waals surface area contributed by atoms with E-state index in [2.05, 4.69) is 32.5 Å². The molecule has 0 radical (unpaired) electrons. The van der Waals surface area contributed by atoms with Gasteiger partial charge in [-0.3, -0.25) is 10.7 Å². The van der Waals surface area contributed by atoms with Crippen molar-refractivity contribution >= 4 is 11.8 Å². The lowest BCUT2D eigenvalue weighted by atomic mass is 10.1. The van der Waals surface area contributed by atoms with Gasteiger partial charge >= 0.3 is 0 Å². The first-order chi connectivity index (χ1) is 14.6. The summed E-state index contributed by atoms with van der Waals surface area (Å²) in [4.78, 5) is 18.3. The van der Waals surface area contributed by atoms with E-state index < -0.39 is 5.79 Å². The van der Waals surface area contributed by atoms with E-state index >= 15 is 0 Å². The van der Waals surface area contributed by atoms with Crippen molar-refractivity contribution in [1.82, 2.24) is 25.4 Å². The van der Waals surface area contributed by atoms with E-state index in [9.17, 15) is 0 Å². The summed E-state index contributed by atoms with van der Waals surface area (Å²) in [5, 5.41) is 6.71. The molecule has 1 atom stereocenters. The Labute approximate surface area is 177 Å². The molecule has 1 unspecified atom stereocenters. The maximum Gasteiger partial charge on any atom is 0.223 e. The van der Waals surface area contributed by atoms with Crippen LogP contribution in [0.3, 0.4) is 0 Å². The van der Waals surface area contributed by atoms with Crippen LogP contribution in [0.4, 0.5) is 0 Å². The third kappa shape index (κ3) is 5.41. The van der Waals surface area contributed by atoms with Crippen LogP contribution < -0.4 is 16.4 Å². The second-order valence-electron chi connectivity index (χ2n) is 7.92. The number of nitrogens with two attached hydrogens (primary N) is 1. The second-order valence-corrected chi connectivity index (χ2v) is 7.92. The summed E-state index contributed by atoms with van der Waals surface area (Å²) in [5.41, 5.74) is 8.83. The number of likely N-dealkylation sites (N-methyl/N-ethyl adjacent to an activating group) is 1. The second kappa shape index (κ2) is 9.34. The number of hydrogen-bond acceptors (Lipinski definition) is 8. The molecule has 8 nitrogen and oxygen atoms in total. The fourth-order valence-electron chi connectivity index (χ4n) is 3.59. The number of pyridine rings is 1.